The molecule has 1 aromatic rings. The molecular formula is C13H18BrNO4S. The van der Waals surface area contributed by atoms with Crippen LogP contribution in [0.4, 0.5) is 0 Å². The van der Waals surface area contributed by atoms with Gasteiger partial charge in [0.15, 0.2) is 0 Å². The smallest absolute Gasteiger partial charge is 0.307 e. The summed E-state index contributed by atoms with van der Waals surface area (Å²) >= 11 is 3.31. The topological polar surface area (TPSA) is 72.5 Å². The van der Waals surface area contributed by atoms with Gasteiger partial charge in [0.25, 0.3) is 0 Å². The highest BCUT2D eigenvalue weighted by molar-refractivity contribution is 9.10. The Morgan fingerprint density at radius 3 is 2.60 bits per heavy atom. The first-order valence-electron chi connectivity index (χ1n) is 6.17. The number of esters is 1. The number of hydrogen-bond donors (Lipinski definition) is 1. The summed E-state index contributed by atoms with van der Waals surface area (Å²) in [6, 6.07) is 4.75. The van der Waals surface area contributed by atoms with E-state index >= 15 is 0 Å². The van der Waals surface area contributed by atoms with E-state index in [2.05, 4.69) is 20.7 Å². The number of sulfonamides is 1. The molecule has 0 saturated carbocycles. The third-order valence-electron chi connectivity index (χ3n) is 2.43. The SMILES string of the molecule is Cc1cc(S(=O)(=O)NCCC(=O)OC(C)C)ccc1Br. The Kier molecular flexibility index (Phi) is 6.16. The average Bonchev–Trinajstić information content (AvgIpc) is 2.31. The van der Waals surface area contributed by atoms with Crippen molar-refractivity contribution in [3.8, 4) is 0 Å². The number of hydrogen-bond acceptors (Lipinski definition) is 4. The van der Waals surface area contributed by atoms with Crippen molar-refractivity contribution >= 4 is 31.9 Å². The molecule has 112 valence electrons. The fourth-order valence-electron chi connectivity index (χ4n) is 1.48. The van der Waals surface area contributed by atoms with Crippen LogP contribution in [0.3, 0.4) is 0 Å². The maximum Gasteiger partial charge on any atom is 0.307 e. The van der Waals surface area contributed by atoms with E-state index in [0.717, 1.165) is 10.0 Å². The van der Waals surface area contributed by atoms with Gasteiger partial charge >= 0.3 is 5.97 Å². The monoisotopic (exact) mass is 363 g/mol. The van der Waals surface area contributed by atoms with Crippen LogP contribution in [0.25, 0.3) is 0 Å². The van der Waals surface area contributed by atoms with Gasteiger partial charge in [-0.05, 0) is 44.5 Å². The molecule has 0 bridgehead atoms. The van der Waals surface area contributed by atoms with Gasteiger partial charge in [0.2, 0.25) is 10.0 Å². The molecule has 0 radical (unpaired) electrons. The van der Waals surface area contributed by atoms with Gasteiger partial charge in [0.05, 0.1) is 17.4 Å². The van der Waals surface area contributed by atoms with Gasteiger partial charge in [-0.2, -0.15) is 0 Å². The Bertz CT molecular complexity index is 584. The number of aryl methyl sites for hydroxylation is 1. The predicted octanol–water partition coefficient (Wildman–Crippen LogP) is 2.38. The summed E-state index contributed by atoms with van der Waals surface area (Å²) in [6.07, 6.45) is -0.194. The number of nitrogens with one attached hydrogen (secondary N) is 1. The number of rotatable bonds is 6. The molecule has 0 heterocycles. The molecule has 0 aliphatic carbocycles. The molecule has 0 saturated heterocycles. The maximum atomic E-state index is 12.0. The summed E-state index contributed by atoms with van der Waals surface area (Å²) in [4.78, 5) is 11.5. The van der Waals surface area contributed by atoms with Gasteiger partial charge in [-0.15, -0.1) is 0 Å². The van der Waals surface area contributed by atoms with Gasteiger partial charge in [-0.1, -0.05) is 15.9 Å². The van der Waals surface area contributed by atoms with Crippen LogP contribution < -0.4 is 4.72 Å². The van der Waals surface area contributed by atoms with Crippen molar-refractivity contribution in [3.63, 3.8) is 0 Å². The van der Waals surface area contributed by atoms with E-state index in [4.69, 9.17) is 4.74 Å². The molecule has 0 aromatic heterocycles. The summed E-state index contributed by atoms with van der Waals surface area (Å²) in [5.74, 6) is -0.422. The van der Waals surface area contributed by atoms with Crippen molar-refractivity contribution in [3.05, 3.63) is 28.2 Å². The fourth-order valence-corrected chi connectivity index (χ4v) is 2.84. The van der Waals surface area contributed by atoms with Gasteiger partial charge in [0, 0.05) is 11.0 Å². The Morgan fingerprint density at radius 2 is 2.05 bits per heavy atom. The first-order valence-corrected chi connectivity index (χ1v) is 8.45. The summed E-state index contributed by atoms with van der Waals surface area (Å²) < 4.78 is 32.2. The lowest BCUT2D eigenvalue weighted by Gasteiger charge is -2.09. The highest BCUT2D eigenvalue weighted by Gasteiger charge is 2.15. The molecule has 1 rings (SSSR count). The Morgan fingerprint density at radius 1 is 1.40 bits per heavy atom. The minimum Gasteiger partial charge on any atom is -0.463 e. The third kappa shape index (κ3) is 5.22. The molecule has 0 amide bonds. The Labute approximate surface area is 127 Å². The van der Waals surface area contributed by atoms with Crippen molar-refractivity contribution in [2.45, 2.75) is 38.2 Å². The molecule has 0 spiro atoms. The molecule has 5 nitrogen and oxygen atoms in total. The minimum atomic E-state index is -3.60. The van der Waals surface area contributed by atoms with Crippen molar-refractivity contribution in [1.29, 1.82) is 0 Å². The maximum absolute atomic E-state index is 12.0. The second-order valence-electron chi connectivity index (χ2n) is 4.60. The second kappa shape index (κ2) is 7.19. The summed E-state index contributed by atoms with van der Waals surface area (Å²) in [7, 11) is -3.60. The van der Waals surface area contributed by atoms with E-state index in [1.807, 2.05) is 6.92 Å². The summed E-state index contributed by atoms with van der Waals surface area (Å²) in [6.45, 7) is 5.31. The summed E-state index contributed by atoms with van der Waals surface area (Å²) in [5, 5.41) is 0. The Hall–Kier alpha value is -0.920. The molecule has 7 heteroatoms. The molecule has 0 aliphatic rings. The van der Waals surface area contributed by atoms with Crippen LogP contribution in [0.15, 0.2) is 27.6 Å². The molecule has 0 unspecified atom stereocenters. The van der Waals surface area contributed by atoms with Crippen molar-refractivity contribution in [1.82, 2.24) is 4.72 Å². The van der Waals surface area contributed by atoms with Crippen molar-refractivity contribution in [2.24, 2.45) is 0 Å². The van der Waals surface area contributed by atoms with E-state index in [1.165, 1.54) is 6.07 Å². The minimum absolute atomic E-state index is 0.00687. The average molecular weight is 364 g/mol. The molecule has 1 N–H and O–H groups in total. The number of benzene rings is 1. The van der Waals surface area contributed by atoms with E-state index in [0.29, 0.717) is 0 Å². The van der Waals surface area contributed by atoms with Gasteiger partial charge in [-0.3, -0.25) is 4.79 Å². The standard InChI is InChI=1S/C13H18BrNO4S/c1-9(2)19-13(16)6-7-15-20(17,18)11-4-5-12(14)10(3)8-11/h4-5,8-9,15H,6-7H2,1-3H3. The molecule has 0 atom stereocenters. The first kappa shape index (κ1) is 17.1. The quantitative estimate of drug-likeness (QED) is 0.787. The lowest BCUT2D eigenvalue weighted by atomic mass is 10.2. The fraction of sp³-hybridized carbons (Fsp3) is 0.462. The zero-order valence-electron chi connectivity index (χ0n) is 11.6. The number of halogens is 1. The molecule has 0 aliphatic heterocycles. The second-order valence-corrected chi connectivity index (χ2v) is 7.22. The van der Waals surface area contributed by atoms with E-state index in [1.54, 1.807) is 26.0 Å². The van der Waals surface area contributed by atoms with Crippen LogP contribution in [-0.2, 0) is 19.6 Å². The lowest BCUT2D eigenvalue weighted by molar-refractivity contribution is -0.147. The lowest BCUT2D eigenvalue weighted by Crippen LogP contribution is -2.27. The van der Waals surface area contributed by atoms with Crippen LogP contribution in [0.5, 0.6) is 0 Å². The van der Waals surface area contributed by atoms with Crippen LogP contribution in [0, 0.1) is 6.92 Å². The highest BCUT2D eigenvalue weighted by atomic mass is 79.9. The van der Waals surface area contributed by atoms with Crippen LogP contribution in [0.2, 0.25) is 0 Å². The van der Waals surface area contributed by atoms with Crippen LogP contribution >= 0.6 is 15.9 Å². The molecule has 0 fully saturated rings. The number of carbonyl (C=O) groups is 1. The van der Waals surface area contributed by atoms with Gasteiger partial charge in [0.1, 0.15) is 0 Å². The van der Waals surface area contributed by atoms with Crippen LogP contribution in [0.1, 0.15) is 25.8 Å². The highest BCUT2D eigenvalue weighted by Crippen LogP contribution is 2.19. The zero-order valence-corrected chi connectivity index (χ0v) is 14.0. The number of carbonyl (C=O) groups excluding carboxylic acids is 1. The predicted molar refractivity (Wildman–Crippen MR) is 79.9 cm³/mol. The molecular weight excluding hydrogens is 346 g/mol. The van der Waals surface area contributed by atoms with Gasteiger partial charge in [-0.25, -0.2) is 13.1 Å². The first-order chi connectivity index (χ1) is 9.22. The van der Waals surface area contributed by atoms with Crippen LogP contribution in [-0.4, -0.2) is 27.0 Å². The van der Waals surface area contributed by atoms with E-state index in [-0.39, 0.29) is 24.0 Å². The van der Waals surface area contributed by atoms with E-state index < -0.39 is 16.0 Å². The van der Waals surface area contributed by atoms with Crippen molar-refractivity contribution in [2.75, 3.05) is 6.54 Å². The Balaban J connectivity index is 2.62. The van der Waals surface area contributed by atoms with Crippen molar-refractivity contribution < 1.29 is 17.9 Å². The molecule has 1 aromatic carbocycles. The van der Waals surface area contributed by atoms with Gasteiger partial charge < -0.3 is 4.74 Å². The van der Waals surface area contributed by atoms with E-state index in [9.17, 15) is 13.2 Å². The largest absolute Gasteiger partial charge is 0.463 e. The number of ether oxygens (including phenoxy) is 1. The third-order valence-corrected chi connectivity index (χ3v) is 4.78. The molecule has 20 heavy (non-hydrogen) atoms. The summed E-state index contributed by atoms with van der Waals surface area (Å²) in [5.41, 5.74) is 0.826. The normalized spacial score (nSPS) is 11.7. The zero-order chi connectivity index (χ0) is 15.3.